The second-order valence-corrected chi connectivity index (χ2v) is 7.05. The molecule has 3 heterocycles. The van der Waals surface area contributed by atoms with Gasteiger partial charge in [-0.1, -0.05) is 35.3 Å². The van der Waals surface area contributed by atoms with Crippen LogP contribution in [0.5, 0.6) is 0 Å². The van der Waals surface area contributed by atoms with Crippen LogP contribution in [0.4, 0.5) is 0 Å². The number of aryl methyl sites for hydroxylation is 1. The molecule has 0 fully saturated rings. The van der Waals surface area contributed by atoms with Gasteiger partial charge in [0.1, 0.15) is 6.33 Å². The predicted molar refractivity (Wildman–Crippen MR) is 106 cm³/mol. The first kappa shape index (κ1) is 16.2. The standard InChI is InChI=1S/C19H12Cl2N6/c1-11-3-2-4-13(7-11)27-18-15(9-23-27)19-24-17(25-26(19)10-22-18)14-6-5-12(20)8-16(14)21/h2-10H,1H3. The van der Waals surface area contributed by atoms with E-state index in [1.165, 1.54) is 0 Å². The summed E-state index contributed by atoms with van der Waals surface area (Å²) < 4.78 is 3.43. The second kappa shape index (κ2) is 6.04. The van der Waals surface area contributed by atoms with E-state index in [4.69, 9.17) is 23.2 Å². The molecule has 3 aromatic heterocycles. The Bertz CT molecular complexity index is 1320. The van der Waals surface area contributed by atoms with Gasteiger partial charge in [-0.2, -0.15) is 5.10 Å². The van der Waals surface area contributed by atoms with E-state index < -0.39 is 0 Å². The van der Waals surface area contributed by atoms with Crippen LogP contribution in [0.1, 0.15) is 5.56 Å². The Hall–Kier alpha value is -2.96. The summed E-state index contributed by atoms with van der Waals surface area (Å²) >= 11 is 12.3. The summed E-state index contributed by atoms with van der Waals surface area (Å²) in [6, 6.07) is 13.3. The monoisotopic (exact) mass is 394 g/mol. The minimum absolute atomic E-state index is 0.498. The van der Waals surface area contributed by atoms with Crippen molar-refractivity contribution in [3.63, 3.8) is 0 Å². The number of fused-ring (bicyclic) bond motifs is 3. The Kier molecular flexibility index (Phi) is 3.63. The summed E-state index contributed by atoms with van der Waals surface area (Å²) in [7, 11) is 0. The summed E-state index contributed by atoms with van der Waals surface area (Å²) in [6.45, 7) is 2.04. The lowest BCUT2D eigenvalue weighted by atomic mass is 10.2. The zero-order chi connectivity index (χ0) is 18.5. The summed E-state index contributed by atoms with van der Waals surface area (Å²) in [5.74, 6) is 0.509. The molecule has 132 valence electrons. The van der Waals surface area contributed by atoms with Gasteiger partial charge in [0.15, 0.2) is 17.1 Å². The lowest BCUT2D eigenvalue weighted by Crippen LogP contribution is -1.99. The van der Waals surface area contributed by atoms with E-state index in [-0.39, 0.29) is 0 Å². The van der Waals surface area contributed by atoms with Crippen molar-refractivity contribution in [2.24, 2.45) is 0 Å². The SMILES string of the molecule is Cc1cccc(-n2ncc3c2ncn2nc(-c4ccc(Cl)cc4Cl)nc32)c1. The molecule has 0 saturated heterocycles. The zero-order valence-electron chi connectivity index (χ0n) is 14.1. The van der Waals surface area contributed by atoms with E-state index in [9.17, 15) is 0 Å². The van der Waals surface area contributed by atoms with Crippen molar-refractivity contribution in [3.05, 3.63) is 70.6 Å². The molecule has 0 aliphatic heterocycles. The van der Waals surface area contributed by atoms with Gasteiger partial charge in [0.25, 0.3) is 0 Å². The number of hydrogen-bond donors (Lipinski definition) is 0. The van der Waals surface area contributed by atoms with Crippen LogP contribution < -0.4 is 0 Å². The molecule has 0 radical (unpaired) electrons. The summed E-state index contributed by atoms with van der Waals surface area (Å²) in [4.78, 5) is 9.18. The molecule has 5 aromatic rings. The van der Waals surface area contributed by atoms with Crippen molar-refractivity contribution >= 4 is 39.9 Å². The Balaban J connectivity index is 1.71. The first-order valence-electron chi connectivity index (χ1n) is 8.22. The highest BCUT2D eigenvalue weighted by Gasteiger charge is 2.16. The van der Waals surface area contributed by atoms with Crippen molar-refractivity contribution in [2.75, 3.05) is 0 Å². The van der Waals surface area contributed by atoms with E-state index in [1.54, 1.807) is 39.9 Å². The third kappa shape index (κ3) is 2.65. The maximum absolute atomic E-state index is 6.30. The molecule has 0 amide bonds. The lowest BCUT2D eigenvalue weighted by Gasteiger charge is -2.03. The maximum Gasteiger partial charge on any atom is 0.183 e. The summed E-state index contributed by atoms with van der Waals surface area (Å²) in [5, 5.41) is 10.9. The Morgan fingerprint density at radius 2 is 1.89 bits per heavy atom. The van der Waals surface area contributed by atoms with Gasteiger partial charge in [-0.05, 0) is 42.8 Å². The minimum Gasteiger partial charge on any atom is -0.216 e. The van der Waals surface area contributed by atoms with Gasteiger partial charge < -0.3 is 0 Å². The normalized spacial score (nSPS) is 11.5. The third-order valence-corrected chi connectivity index (χ3v) is 4.87. The Morgan fingerprint density at radius 3 is 2.70 bits per heavy atom. The number of hydrogen-bond acceptors (Lipinski definition) is 4. The van der Waals surface area contributed by atoms with Crippen molar-refractivity contribution < 1.29 is 0 Å². The topological polar surface area (TPSA) is 60.9 Å². The molecule has 5 rings (SSSR count). The first-order chi connectivity index (χ1) is 13.1. The third-order valence-electron chi connectivity index (χ3n) is 4.32. The zero-order valence-corrected chi connectivity index (χ0v) is 15.6. The van der Waals surface area contributed by atoms with Crippen LogP contribution in [0.15, 0.2) is 55.0 Å². The number of rotatable bonds is 2. The van der Waals surface area contributed by atoms with Crippen molar-refractivity contribution in [3.8, 4) is 17.1 Å². The molecule has 0 bridgehead atoms. The van der Waals surface area contributed by atoms with Gasteiger partial charge in [-0.3, -0.25) is 0 Å². The van der Waals surface area contributed by atoms with Crippen LogP contribution in [0.25, 0.3) is 33.8 Å². The van der Waals surface area contributed by atoms with Crippen LogP contribution in [0, 0.1) is 6.92 Å². The molecule has 0 aliphatic rings. The molecule has 2 aromatic carbocycles. The average Bonchev–Trinajstić information content (AvgIpc) is 3.25. The first-order valence-corrected chi connectivity index (χ1v) is 8.97. The lowest BCUT2D eigenvalue weighted by molar-refractivity contribution is 0.881. The highest BCUT2D eigenvalue weighted by molar-refractivity contribution is 6.36. The molecule has 0 N–H and O–H groups in total. The number of aromatic nitrogens is 6. The van der Waals surface area contributed by atoms with E-state index >= 15 is 0 Å². The largest absolute Gasteiger partial charge is 0.216 e. The fourth-order valence-corrected chi connectivity index (χ4v) is 3.55. The minimum atomic E-state index is 0.498. The summed E-state index contributed by atoms with van der Waals surface area (Å²) in [5.41, 5.74) is 4.19. The van der Waals surface area contributed by atoms with Crippen LogP contribution in [-0.2, 0) is 0 Å². The number of halogens is 2. The van der Waals surface area contributed by atoms with E-state index in [0.717, 1.165) is 16.6 Å². The average molecular weight is 395 g/mol. The highest BCUT2D eigenvalue weighted by atomic mass is 35.5. The van der Waals surface area contributed by atoms with E-state index in [0.29, 0.717) is 32.7 Å². The smallest absolute Gasteiger partial charge is 0.183 e. The number of nitrogens with zero attached hydrogens (tertiary/aromatic N) is 6. The molecule has 27 heavy (non-hydrogen) atoms. The fourth-order valence-electron chi connectivity index (χ4n) is 3.05. The van der Waals surface area contributed by atoms with Crippen LogP contribution >= 0.6 is 23.2 Å². The van der Waals surface area contributed by atoms with Gasteiger partial charge in [-0.15, -0.1) is 5.10 Å². The molecular weight excluding hydrogens is 383 g/mol. The maximum atomic E-state index is 6.30. The molecule has 0 saturated carbocycles. The Labute approximate surface area is 164 Å². The second-order valence-electron chi connectivity index (χ2n) is 6.20. The number of benzene rings is 2. The highest BCUT2D eigenvalue weighted by Crippen LogP contribution is 2.29. The van der Waals surface area contributed by atoms with E-state index in [2.05, 4.69) is 26.2 Å². The van der Waals surface area contributed by atoms with Crippen molar-refractivity contribution in [1.29, 1.82) is 0 Å². The molecular formula is C19H12Cl2N6. The molecule has 0 atom stereocenters. The Morgan fingerprint density at radius 1 is 1.00 bits per heavy atom. The summed E-state index contributed by atoms with van der Waals surface area (Å²) in [6.07, 6.45) is 3.38. The molecule has 0 aliphatic carbocycles. The molecule has 8 heteroatoms. The predicted octanol–water partition coefficient (Wildman–Crippen LogP) is 4.75. The van der Waals surface area contributed by atoms with Gasteiger partial charge in [0.2, 0.25) is 0 Å². The van der Waals surface area contributed by atoms with Crippen LogP contribution in [0.2, 0.25) is 10.0 Å². The quantitative estimate of drug-likeness (QED) is 0.433. The van der Waals surface area contributed by atoms with Crippen LogP contribution in [0.3, 0.4) is 0 Å². The van der Waals surface area contributed by atoms with Crippen molar-refractivity contribution in [1.82, 2.24) is 29.4 Å². The van der Waals surface area contributed by atoms with Crippen molar-refractivity contribution in [2.45, 2.75) is 6.92 Å². The fraction of sp³-hybridized carbons (Fsp3) is 0.0526. The van der Waals surface area contributed by atoms with Gasteiger partial charge in [-0.25, -0.2) is 19.2 Å². The molecule has 6 nitrogen and oxygen atoms in total. The molecule has 0 spiro atoms. The van der Waals surface area contributed by atoms with Gasteiger partial charge >= 0.3 is 0 Å². The van der Waals surface area contributed by atoms with E-state index in [1.807, 2.05) is 25.1 Å². The molecule has 0 unspecified atom stereocenters. The van der Waals surface area contributed by atoms with Gasteiger partial charge in [0.05, 0.1) is 22.3 Å². The van der Waals surface area contributed by atoms with Crippen LogP contribution in [-0.4, -0.2) is 29.4 Å². The van der Waals surface area contributed by atoms with Gasteiger partial charge in [0, 0.05) is 10.6 Å².